The number of hydrogen-bond acceptors (Lipinski definition) is 3. The van der Waals surface area contributed by atoms with E-state index in [1.54, 1.807) is 11.3 Å². The fourth-order valence-corrected chi connectivity index (χ4v) is 2.81. The first-order chi connectivity index (χ1) is 7.79. The van der Waals surface area contributed by atoms with Gasteiger partial charge in [-0.05, 0) is 37.9 Å². The summed E-state index contributed by atoms with van der Waals surface area (Å²) >= 11 is 1.78. The third-order valence-electron chi connectivity index (χ3n) is 2.88. The SMILES string of the molecule is CCc1ccc(CNC(=O)[C@H]2CCCN2)s1. The maximum Gasteiger partial charge on any atom is 0.237 e. The summed E-state index contributed by atoms with van der Waals surface area (Å²) in [4.78, 5) is 14.3. The van der Waals surface area contributed by atoms with E-state index in [1.807, 2.05) is 0 Å². The Kier molecular flexibility index (Phi) is 3.96. The van der Waals surface area contributed by atoms with Crippen molar-refractivity contribution >= 4 is 17.2 Å². The Morgan fingerprint density at radius 2 is 2.38 bits per heavy atom. The number of aryl methyl sites for hydroxylation is 1. The van der Waals surface area contributed by atoms with Crippen LogP contribution in [0.4, 0.5) is 0 Å². The smallest absolute Gasteiger partial charge is 0.237 e. The summed E-state index contributed by atoms with van der Waals surface area (Å²) in [5, 5.41) is 6.19. The van der Waals surface area contributed by atoms with Crippen molar-refractivity contribution in [1.82, 2.24) is 10.6 Å². The monoisotopic (exact) mass is 238 g/mol. The molecule has 16 heavy (non-hydrogen) atoms. The highest BCUT2D eigenvalue weighted by Gasteiger charge is 2.21. The molecule has 0 bridgehead atoms. The summed E-state index contributed by atoms with van der Waals surface area (Å²) in [6.45, 7) is 3.79. The van der Waals surface area contributed by atoms with Crippen LogP contribution in [-0.4, -0.2) is 18.5 Å². The van der Waals surface area contributed by atoms with Gasteiger partial charge in [-0.3, -0.25) is 4.79 Å². The second kappa shape index (κ2) is 5.46. The standard InChI is InChI=1S/C12H18N2OS/c1-2-9-5-6-10(16-9)8-14-12(15)11-4-3-7-13-11/h5-6,11,13H,2-4,7-8H2,1H3,(H,14,15)/t11-/m1/s1. The molecule has 2 rings (SSSR count). The maximum atomic E-state index is 11.7. The van der Waals surface area contributed by atoms with Crippen LogP contribution in [0.3, 0.4) is 0 Å². The van der Waals surface area contributed by atoms with Gasteiger partial charge in [0.1, 0.15) is 0 Å². The van der Waals surface area contributed by atoms with E-state index in [-0.39, 0.29) is 11.9 Å². The van der Waals surface area contributed by atoms with E-state index in [0.29, 0.717) is 6.54 Å². The second-order valence-corrected chi connectivity index (χ2v) is 5.34. The minimum Gasteiger partial charge on any atom is -0.350 e. The number of carbonyl (C=O) groups is 1. The van der Waals surface area contributed by atoms with Gasteiger partial charge in [-0.25, -0.2) is 0 Å². The Bertz CT molecular complexity index is 356. The molecule has 0 spiro atoms. The van der Waals surface area contributed by atoms with Crippen LogP contribution in [0.2, 0.25) is 0 Å². The summed E-state index contributed by atoms with van der Waals surface area (Å²) in [6, 6.07) is 4.27. The normalized spacial score (nSPS) is 19.9. The van der Waals surface area contributed by atoms with E-state index in [1.165, 1.54) is 9.75 Å². The molecule has 88 valence electrons. The Morgan fingerprint density at radius 3 is 3.00 bits per heavy atom. The van der Waals surface area contributed by atoms with E-state index < -0.39 is 0 Å². The third kappa shape index (κ3) is 2.83. The first-order valence-corrected chi connectivity index (χ1v) is 6.70. The topological polar surface area (TPSA) is 41.1 Å². The lowest BCUT2D eigenvalue weighted by atomic mass is 10.2. The van der Waals surface area contributed by atoms with Gasteiger partial charge in [0.15, 0.2) is 0 Å². The van der Waals surface area contributed by atoms with Crippen LogP contribution >= 0.6 is 11.3 Å². The second-order valence-electron chi connectivity index (χ2n) is 4.09. The van der Waals surface area contributed by atoms with Crippen molar-refractivity contribution in [3.63, 3.8) is 0 Å². The number of nitrogens with one attached hydrogen (secondary N) is 2. The zero-order valence-corrected chi connectivity index (χ0v) is 10.4. The molecule has 3 nitrogen and oxygen atoms in total. The van der Waals surface area contributed by atoms with Crippen LogP contribution in [0.25, 0.3) is 0 Å². The van der Waals surface area contributed by atoms with Crippen LogP contribution in [0.1, 0.15) is 29.5 Å². The molecule has 1 aliphatic heterocycles. The lowest BCUT2D eigenvalue weighted by molar-refractivity contribution is -0.122. The molecular formula is C12H18N2OS. The van der Waals surface area contributed by atoms with Gasteiger partial charge in [0, 0.05) is 9.75 Å². The molecule has 1 atom stereocenters. The molecule has 0 aromatic carbocycles. The minimum absolute atomic E-state index is 0.0330. The molecule has 1 aliphatic rings. The van der Waals surface area contributed by atoms with Crippen molar-refractivity contribution < 1.29 is 4.79 Å². The molecule has 2 heterocycles. The van der Waals surface area contributed by atoms with Gasteiger partial charge in [-0.1, -0.05) is 6.92 Å². The van der Waals surface area contributed by atoms with Crippen molar-refractivity contribution in [3.05, 3.63) is 21.9 Å². The van der Waals surface area contributed by atoms with E-state index in [2.05, 4.69) is 29.7 Å². The van der Waals surface area contributed by atoms with Crippen LogP contribution in [0.5, 0.6) is 0 Å². The Morgan fingerprint density at radius 1 is 1.56 bits per heavy atom. The molecule has 1 amide bonds. The highest BCUT2D eigenvalue weighted by molar-refractivity contribution is 7.11. The molecule has 0 saturated carbocycles. The fourth-order valence-electron chi connectivity index (χ4n) is 1.91. The molecule has 0 unspecified atom stereocenters. The van der Waals surface area contributed by atoms with E-state index in [9.17, 15) is 4.79 Å². The number of thiophene rings is 1. The molecule has 1 fully saturated rings. The molecular weight excluding hydrogens is 220 g/mol. The Hall–Kier alpha value is -0.870. The largest absolute Gasteiger partial charge is 0.350 e. The van der Waals surface area contributed by atoms with Gasteiger partial charge in [-0.2, -0.15) is 0 Å². The van der Waals surface area contributed by atoms with E-state index in [4.69, 9.17) is 0 Å². The van der Waals surface area contributed by atoms with Crippen LogP contribution in [0, 0.1) is 0 Å². The number of amides is 1. The zero-order valence-electron chi connectivity index (χ0n) is 9.58. The summed E-state index contributed by atoms with van der Waals surface area (Å²) in [7, 11) is 0. The number of hydrogen-bond donors (Lipinski definition) is 2. The van der Waals surface area contributed by atoms with Gasteiger partial charge in [-0.15, -0.1) is 11.3 Å². The number of rotatable bonds is 4. The zero-order chi connectivity index (χ0) is 11.4. The molecule has 2 N–H and O–H groups in total. The molecule has 0 aliphatic carbocycles. The van der Waals surface area contributed by atoms with Crippen molar-refractivity contribution in [2.75, 3.05) is 6.54 Å². The third-order valence-corrected chi connectivity index (χ3v) is 4.11. The summed E-state index contributed by atoms with van der Waals surface area (Å²) in [5.41, 5.74) is 0. The first-order valence-electron chi connectivity index (χ1n) is 5.88. The minimum atomic E-state index is 0.0330. The van der Waals surface area contributed by atoms with Crippen LogP contribution in [-0.2, 0) is 17.8 Å². The molecule has 1 saturated heterocycles. The van der Waals surface area contributed by atoms with Crippen LogP contribution in [0.15, 0.2) is 12.1 Å². The predicted molar refractivity (Wildman–Crippen MR) is 66.6 cm³/mol. The van der Waals surface area contributed by atoms with Crippen LogP contribution < -0.4 is 10.6 Å². The maximum absolute atomic E-state index is 11.7. The highest BCUT2D eigenvalue weighted by Crippen LogP contribution is 2.16. The average Bonchev–Trinajstić information content (AvgIpc) is 2.96. The molecule has 0 radical (unpaired) electrons. The lowest BCUT2D eigenvalue weighted by Crippen LogP contribution is -2.39. The lowest BCUT2D eigenvalue weighted by Gasteiger charge is -2.09. The van der Waals surface area contributed by atoms with Gasteiger partial charge >= 0.3 is 0 Å². The average molecular weight is 238 g/mol. The summed E-state index contributed by atoms with van der Waals surface area (Å²) in [6.07, 6.45) is 3.15. The van der Waals surface area contributed by atoms with Gasteiger partial charge in [0.25, 0.3) is 0 Å². The molecule has 1 aromatic heterocycles. The highest BCUT2D eigenvalue weighted by atomic mass is 32.1. The predicted octanol–water partition coefficient (Wildman–Crippen LogP) is 1.68. The fraction of sp³-hybridized carbons (Fsp3) is 0.583. The Balaban J connectivity index is 1.80. The van der Waals surface area contributed by atoms with Gasteiger partial charge in [0.2, 0.25) is 5.91 Å². The van der Waals surface area contributed by atoms with Crippen molar-refractivity contribution in [2.24, 2.45) is 0 Å². The molecule has 4 heteroatoms. The number of carbonyl (C=O) groups excluding carboxylic acids is 1. The van der Waals surface area contributed by atoms with Crippen molar-refractivity contribution in [3.8, 4) is 0 Å². The van der Waals surface area contributed by atoms with Gasteiger partial charge in [0.05, 0.1) is 12.6 Å². The Labute approximate surface area is 100 Å². The first kappa shape index (κ1) is 11.6. The van der Waals surface area contributed by atoms with Crippen molar-refractivity contribution in [1.29, 1.82) is 0 Å². The van der Waals surface area contributed by atoms with Gasteiger partial charge < -0.3 is 10.6 Å². The summed E-state index contributed by atoms with van der Waals surface area (Å²) < 4.78 is 0. The van der Waals surface area contributed by atoms with Crippen molar-refractivity contribution in [2.45, 2.75) is 38.8 Å². The van der Waals surface area contributed by atoms with E-state index in [0.717, 1.165) is 25.8 Å². The quantitative estimate of drug-likeness (QED) is 0.838. The molecule has 1 aromatic rings. The van der Waals surface area contributed by atoms with E-state index >= 15 is 0 Å². The summed E-state index contributed by atoms with van der Waals surface area (Å²) in [5.74, 6) is 0.143.